The van der Waals surface area contributed by atoms with E-state index in [0.29, 0.717) is 25.6 Å². The predicted molar refractivity (Wildman–Crippen MR) is 129 cm³/mol. The summed E-state index contributed by atoms with van der Waals surface area (Å²) < 4.78 is 0. The van der Waals surface area contributed by atoms with Crippen molar-refractivity contribution in [2.45, 2.75) is 39.0 Å². The number of fused-ring (bicyclic) bond motifs is 1. The highest BCUT2D eigenvalue weighted by Gasteiger charge is 2.53. The lowest BCUT2D eigenvalue weighted by Crippen LogP contribution is -2.48. The summed E-state index contributed by atoms with van der Waals surface area (Å²) in [5.41, 5.74) is 1.49. The Hall–Kier alpha value is -2.89. The number of pyridine rings is 1. The summed E-state index contributed by atoms with van der Waals surface area (Å²) in [6.07, 6.45) is 6.84. The van der Waals surface area contributed by atoms with Crippen LogP contribution in [0.3, 0.4) is 0 Å². The molecule has 6 heteroatoms. The van der Waals surface area contributed by atoms with Crippen LogP contribution in [-0.4, -0.2) is 54.4 Å². The van der Waals surface area contributed by atoms with E-state index >= 15 is 0 Å². The van der Waals surface area contributed by atoms with Crippen LogP contribution >= 0.6 is 0 Å². The van der Waals surface area contributed by atoms with Crippen LogP contribution in [0.2, 0.25) is 0 Å². The van der Waals surface area contributed by atoms with Gasteiger partial charge < -0.3 is 15.1 Å². The van der Waals surface area contributed by atoms with Gasteiger partial charge in [-0.25, -0.2) is 4.98 Å². The van der Waals surface area contributed by atoms with Crippen LogP contribution in [0.1, 0.15) is 48.5 Å². The van der Waals surface area contributed by atoms with Crippen LogP contribution in [0.4, 0.5) is 5.82 Å². The first-order chi connectivity index (χ1) is 16.1. The summed E-state index contributed by atoms with van der Waals surface area (Å²) in [4.78, 5) is 35.8. The number of nitrogens with zero attached hydrogens (tertiary/aromatic N) is 3. The molecule has 1 saturated carbocycles. The molecular formula is C27H34N4O2. The van der Waals surface area contributed by atoms with E-state index in [-0.39, 0.29) is 17.7 Å². The third kappa shape index (κ3) is 4.48. The minimum Gasteiger partial charge on any atom is -0.355 e. The van der Waals surface area contributed by atoms with Gasteiger partial charge >= 0.3 is 0 Å². The summed E-state index contributed by atoms with van der Waals surface area (Å²) in [5.74, 6) is 1.88. The molecule has 2 aromatic rings. The highest BCUT2D eigenvalue weighted by molar-refractivity contribution is 5.94. The normalized spacial score (nSPS) is 24.8. The third-order valence-electron chi connectivity index (χ3n) is 7.76. The van der Waals surface area contributed by atoms with Crippen LogP contribution in [0, 0.1) is 17.3 Å². The van der Waals surface area contributed by atoms with Gasteiger partial charge in [0.2, 0.25) is 5.91 Å². The zero-order valence-electron chi connectivity index (χ0n) is 19.5. The van der Waals surface area contributed by atoms with Crippen LogP contribution in [0.15, 0.2) is 48.7 Å². The molecule has 6 nitrogen and oxygen atoms in total. The maximum absolute atomic E-state index is 13.6. The molecule has 3 fully saturated rings. The number of likely N-dealkylation sites (tertiary alicyclic amines) is 1. The van der Waals surface area contributed by atoms with E-state index in [2.05, 4.69) is 22.1 Å². The Labute approximate surface area is 196 Å². The van der Waals surface area contributed by atoms with Crippen molar-refractivity contribution in [1.29, 1.82) is 0 Å². The maximum Gasteiger partial charge on any atom is 0.253 e. The van der Waals surface area contributed by atoms with E-state index in [9.17, 15) is 9.59 Å². The molecule has 1 aliphatic carbocycles. The Kier molecular flexibility index (Phi) is 6.09. The summed E-state index contributed by atoms with van der Waals surface area (Å²) >= 11 is 0. The number of aryl methyl sites for hydroxylation is 1. The van der Waals surface area contributed by atoms with Gasteiger partial charge in [-0.15, -0.1) is 0 Å². The quantitative estimate of drug-likeness (QED) is 0.737. The van der Waals surface area contributed by atoms with Crippen LogP contribution in [0.25, 0.3) is 0 Å². The van der Waals surface area contributed by atoms with Crippen molar-refractivity contribution in [2.75, 3.05) is 37.6 Å². The van der Waals surface area contributed by atoms with E-state index in [4.69, 9.17) is 0 Å². The molecule has 0 spiro atoms. The van der Waals surface area contributed by atoms with Gasteiger partial charge in [-0.3, -0.25) is 9.59 Å². The van der Waals surface area contributed by atoms with Gasteiger partial charge in [-0.1, -0.05) is 25.1 Å². The highest BCUT2D eigenvalue weighted by Crippen LogP contribution is 2.44. The number of anilines is 1. The second-order valence-corrected chi connectivity index (χ2v) is 9.98. The molecule has 1 aromatic heterocycles. The molecule has 5 rings (SSSR count). The topological polar surface area (TPSA) is 65.5 Å². The van der Waals surface area contributed by atoms with Gasteiger partial charge in [-0.05, 0) is 67.9 Å². The number of aromatic nitrogens is 1. The highest BCUT2D eigenvalue weighted by atomic mass is 16.2. The Balaban J connectivity index is 1.39. The third-order valence-corrected chi connectivity index (χ3v) is 7.76. The fourth-order valence-corrected chi connectivity index (χ4v) is 5.50. The molecule has 2 aliphatic heterocycles. The predicted octanol–water partition coefficient (Wildman–Crippen LogP) is 3.53. The summed E-state index contributed by atoms with van der Waals surface area (Å²) in [7, 11) is 0. The molecule has 2 atom stereocenters. The Bertz CT molecular complexity index is 989. The first-order valence-electron chi connectivity index (χ1n) is 12.4. The second-order valence-electron chi connectivity index (χ2n) is 9.98. The Morgan fingerprint density at radius 3 is 2.64 bits per heavy atom. The number of benzene rings is 1. The van der Waals surface area contributed by atoms with Crippen LogP contribution in [0.5, 0.6) is 0 Å². The first-order valence-corrected chi connectivity index (χ1v) is 12.4. The minimum atomic E-state index is -0.479. The lowest BCUT2D eigenvalue weighted by molar-refractivity contribution is -0.132. The number of rotatable bonds is 6. The molecule has 2 amide bonds. The van der Waals surface area contributed by atoms with Crippen LogP contribution < -0.4 is 10.2 Å². The minimum absolute atomic E-state index is 0.0723. The van der Waals surface area contributed by atoms with Crippen molar-refractivity contribution >= 4 is 17.6 Å². The monoisotopic (exact) mass is 446 g/mol. The van der Waals surface area contributed by atoms with E-state index in [0.717, 1.165) is 43.7 Å². The number of nitrogens with one attached hydrogen (secondary N) is 1. The van der Waals surface area contributed by atoms with Gasteiger partial charge in [0.05, 0.1) is 5.41 Å². The van der Waals surface area contributed by atoms with Gasteiger partial charge in [-0.2, -0.15) is 0 Å². The number of amides is 2. The molecule has 174 valence electrons. The number of hydrogen-bond acceptors (Lipinski definition) is 4. The molecule has 0 radical (unpaired) electrons. The molecule has 2 saturated heterocycles. The molecule has 0 unspecified atom stereocenters. The number of carbonyl (C=O) groups is 2. The van der Waals surface area contributed by atoms with Gasteiger partial charge in [0.15, 0.2) is 0 Å². The van der Waals surface area contributed by atoms with Crippen molar-refractivity contribution in [3.05, 3.63) is 59.8 Å². The van der Waals surface area contributed by atoms with Crippen molar-refractivity contribution in [2.24, 2.45) is 17.3 Å². The molecule has 1 aromatic carbocycles. The lowest BCUT2D eigenvalue weighted by atomic mass is 9.74. The zero-order valence-corrected chi connectivity index (χ0v) is 19.5. The standard InChI is InChI=1S/C27H34N4O2/c1-2-20-9-11-22(12-10-20)25(32)30-15-5-13-27(26(33)29-16-21-7-8-21)19-31(18-23(27)17-30)24-6-3-4-14-28-24/h3-4,6,9-12,14,21,23H,2,5,7-8,13,15-19H2,1H3,(H,29,33)/t23-,27-/m1/s1. The number of carbonyl (C=O) groups excluding carboxylic acids is 2. The first kappa shape index (κ1) is 21.9. The van der Waals surface area contributed by atoms with E-state index < -0.39 is 5.41 Å². The van der Waals surface area contributed by atoms with E-state index in [1.807, 2.05) is 47.4 Å². The van der Waals surface area contributed by atoms with Crippen molar-refractivity contribution in [3.63, 3.8) is 0 Å². The van der Waals surface area contributed by atoms with Gasteiger partial charge in [0.1, 0.15) is 5.82 Å². The smallest absolute Gasteiger partial charge is 0.253 e. The van der Waals surface area contributed by atoms with E-state index in [1.165, 1.54) is 18.4 Å². The second kappa shape index (κ2) is 9.16. The summed E-state index contributed by atoms with van der Waals surface area (Å²) in [6, 6.07) is 13.9. The SMILES string of the molecule is CCc1ccc(C(=O)N2CCC[C@@]3(C(=O)NCC4CC4)CN(c4ccccn4)C[C@H]3C2)cc1. The van der Waals surface area contributed by atoms with E-state index in [1.54, 1.807) is 6.20 Å². The van der Waals surface area contributed by atoms with Crippen LogP contribution in [-0.2, 0) is 11.2 Å². The fraction of sp³-hybridized carbons (Fsp3) is 0.519. The number of hydrogen-bond donors (Lipinski definition) is 1. The molecule has 3 aliphatic rings. The largest absolute Gasteiger partial charge is 0.355 e. The average molecular weight is 447 g/mol. The molecule has 0 bridgehead atoms. The van der Waals surface area contributed by atoms with Crippen molar-refractivity contribution in [3.8, 4) is 0 Å². The maximum atomic E-state index is 13.6. The Morgan fingerprint density at radius 2 is 1.94 bits per heavy atom. The fourth-order valence-electron chi connectivity index (χ4n) is 5.50. The molecule has 3 heterocycles. The zero-order chi connectivity index (χ0) is 22.8. The molecule has 1 N–H and O–H groups in total. The van der Waals surface area contributed by atoms with Gasteiger partial charge in [0.25, 0.3) is 5.91 Å². The average Bonchev–Trinajstić information content (AvgIpc) is 3.65. The van der Waals surface area contributed by atoms with Gasteiger partial charge in [0, 0.05) is 50.4 Å². The summed E-state index contributed by atoms with van der Waals surface area (Å²) in [6.45, 7) is 5.61. The molecule has 33 heavy (non-hydrogen) atoms. The van der Waals surface area contributed by atoms with Crippen molar-refractivity contribution < 1.29 is 9.59 Å². The summed E-state index contributed by atoms with van der Waals surface area (Å²) in [5, 5.41) is 3.28. The van der Waals surface area contributed by atoms with Crippen molar-refractivity contribution in [1.82, 2.24) is 15.2 Å². The lowest BCUT2D eigenvalue weighted by Gasteiger charge is -2.32. The molecular weight excluding hydrogens is 412 g/mol. The Morgan fingerprint density at radius 1 is 1.12 bits per heavy atom.